The van der Waals surface area contributed by atoms with Crippen LogP contribution in [0.5, 0.6) is 0 Å². The summed E-state index contributed by atoms with van der Waals surface area (Å²) in [5, 5.41) is 0. The quantitative estimate of drug-likeness (QED) is 0.557. The highest BCUT2D eigenvalue weighted by molar-refractivity contribution is 5.01. The van der Waals surface area contributed by atoms with Crippen LogP contribution in [-0.2, 0) is 4.74 Å². The fourth-order valence-corrected chi connectivity index (χ4v) is 3.86. The summed E-state index contributed by atoms with van der Waals surface area (Å²) in [6, 6.07) is 0. The predicted molar refractivity (Wildman–Crippen MR) is 52.4 cm³/mol. The van der Waals surface area contributed by atoms with Gasteiger partial charge in [-0.2, -0.15) is 0 Å². The van der Waals surface area contributed by atoms with Crippen molar-refractivity contribution in [1.82, 2.24) is 0 Å². The van der Waals surface area contributed by atoms with Crippen molar-refractivity contribution < 1.29 is 4.74 Å². The monoisotopic (exact) mass is 180 g/mol. The van der Waals surface area contributed by atoms with E-state index in [2.05, 4.69) is 13.8 Å². The maximum atomic E-state index is 5.89. The summed E-state index contributed by atoms with van der Waals surface area (Å²) < 4.78 is 5.89. The molecule has 2 aliphatic carbocycles. The summed E-state index contributed by atoms with van der Waals surface area (Å²) in [6.07, 6.45) is 7.01. The molecule has 4 fully saturated rings. The lowest BCUT2D eigenvalue weighted by Gasteiger charge is -2.57. The van der Waals surface area contributed by atoms with Gasteiger partial charge in [0.15, 0.2) is 0 Å². The van der Waals surface area contributed by atoms with Crippen LogP contribution in [-0.4, -0.2) is 12.2 Å². The van der Waals surface area contributed by atoms with Crippen LogP contribution in [0, 0.1) is 23.7 Å². The molecule has 6 atom stereocenters. The van der Waals surface area contributed by atoms with E-state index in [9.17, 15) is 0 Å². The van der Waals surface area contributed by atoms with Crippen molar-refractivity contribution in [2.24, 2.45) is 23.7 Å². The second-order valence-electron chi connectivity index (χ2n) is 5.58. The van der Waals surface area contributed by atoms with Gasteiger partial charge >= 0.3 is 0 Å². The van der Waals surface area contributed by atoms with Crippen LogP contribution in [0.1, 0.15) is 39.5 Å². The van der Waals surface area contributed by atoms with Gasteiger partial charge in [-0.25, -0.2) is 0 Å². The van der Waals surface area contributed by atoms with Crippen molar-refractivity contribution in [3.05, 3.63) is 0 Å². The molecule has 2 saturated heterocycles. The topological polar surface area (TPSA) is 9.23 Å². The molecule has 2 aliphatic heterocycles. The van der Waals surface area contributed by atoms with Crippen LogP contribution in [0.2, 0.25) is 0 Å². The highest BCUT2D eigenvalue weighted by Crippen LogP contribution is 2.52. The number of rotatable bonds is 0. The molecule has 0 radical (unpaired) electrons. The minimum absolute atomic E-state index is 0.636. The minimum atomic E-state index is 0.636. The second-order valence-corrected chi connectivity index (χ2v) is 5.58. The Balaban J connectivity index is 1.75. The van der Waals surface area contributed by atoms with Crippen LogP contribution in [0.25, 0.3) is 0 Å². The zero-order valence-corrected chi connectivity index (χ0v) is 8.70. The number of ether oxygens (including phenoxy) is 1. The molecule has 0 spiro atoms. The predicted octanol–water partition coefficient (Wildman–Crippen LogP) is 2.85. The van der Waals surface area contributed by atoms with Crippen molar-refractivity contribution in [2.45, 2.75) is 51.7 Å². The first kappa shape index (κ1) is 8.28. The van der Waals surface area contributed by atoms with Crippen LogP contribution in [0.3, 0.4) is 0 Å². The average molecular weight is 180 g/mol. The molecule has 0 aromatic rings. The highest BCUT2D eigenvalue weighted by Gasteiger charge is 2.52. The normalized spacial score (nSPS) is 59.5. The van der Waals surface area contributed by atoms with Gasteiger partial charge in [0, 0.05) is 5.92 Å². The van der Waals surface area contributed by atoms with Gasteiger partial charge in [-0.05, 0) is 37.0 Å². The van der Waals surface area contributed by atoms with Gasteiger partial charge in [0.2, 0.25) is 0 Å². The van der Waals surface area contributed by atoms with Gasteiger partial charge in [-0.3, -0.25) is 0 Å². The number of hydrogen-bond acceptors (Lipinski definition) is 1. The molecule has 0 amide bonds. The minimum Gasteiger partial charge on any atom is -0.374 e. The molecule has 74 valence electrons. The summed E-state index contributed by atoms with van der Waals surface area (Å²) in [6.45, 7) is 4.80. The fourth-order valence-electron chi connectivity index (χ4n) is 3.86. The zero-order valence-electron chi connectivity index (χ0n) is 8.70. The lowest BCUT2D eigenvalue weighted by molar-refractivity contribution is -0.257. The van der Waals surface area contributed by atoms with Gasteiger partial charge in [-0.1, -0.05) is 20.3 Å². The SMILES string of the molecule is CC1CCC2C(C1)CC1OC2C1C. The smallest absolute Gasteiger partial charge is 0.0660 e. The van der Waals surface area contributed by atoms with Crippen LogP contribution < -0.4 is 0 Å². The first-order valence-electron chi connectivity index (χ1n) is 5.91. The van der Waals surface area contributed by atoms with Crippen molar-refractivity contribution >= 4 is 0 Å². The first-order chi connectivity index (χ1) is 6.25. The Morgan fingerprint density at radius 1 is 1.08 bits per heavy atom. The van der Waals surface area contributed by atoms with Crippen LogP contribution in [0.4, 0.5) is 0 Å². The van der Waals surface area contributed by atoms with E-state index in [1.54, 1.807) is 0 Å². The molecule has 1 heteroatoms. The molecule has 0 aromatic carbocycles. The second kappa shape index (κ2) is 2.73. The molecular weight excluding hydrogens is 160 g/mol. The summed E-state index contributed by atoms with van der Waals surface area (Å²) in [5.74, 6) is 3.80. The molecular formula is C12H20O. The van der Waals surface area contributed by atoms with E-state index in [-0.39, 0.29) is 0 Å². The molecule has 6 unspecified atom stereocenters. The van der Waals surface area contributed by atoms with Crippen LogP contribution >= 0.6 is 0 Å². The Morgan fingerprint density at radius 3 is 2.69 bits per heavy atom. The molecule has 4 rings (SSSR count). The molecule has 0 N–H and O–H groups in total. The molecule has 0 aromatic heterocycles. The molecule has 13 heavy (non-hydrogen) atoms. The van der Waals surface area contributed by atoms with Crippen LogP contribution in [0.15, 0.2) is 0 Å². The molecule has 4 aliphatic rings. The maximum Gasteiger partial charge on any atom is 0.0660 e. The summed E-state index contributed by atoms with van der Waals surface area (Å²) in [4.78, 5) is 0. The van der Waals surface area contributed by atoms with Gasteiger partial charge in [0.05, 0.1) is 12.2 Å². The van der Waals surface area contributed by atoms with Crippen molar-refractivity contribution in [1.29, 1.82) is 0 Å². The van der Waals surface area contributed by atoms with Crippen molar-refractivity contribution in [3.8, 4) is 0 Å². The molecule has 2 bridgehead atoms. The third-order valence-electron chi connectivity index (χ3n) is 4.70. The third kappa shape index (κ3) is 1.09. The molecule has 2 saturated carbocycles. The summed E-state index contributed by atoms with van der Waals surface area (Å²) in [7, 11) is 0. The molecule has 2 heterocycles. The summed E-state index contributed by atoms with van der Waals surface area (Å²) >= 11 is 0. The Kier molecular flexibility index (Phi) is 1.74. The van der Waals surface area contributed by atoms with E-state index in [0.29, 0.717) is 12.2 Å². The van der Waals surface area contributed by atoms with Gasteiger partial charge < -0.3 is 4.74 Å². The fraction of sp³-hybridized carbons (Fsp3) is 1.00. The molecule has 1 nitrogen and oxygen atoms in total. The lowest BCUT2D eigenvalue weighted by Crippen LogP contribution is -2.59. The number of hydrogen-bond donors (Lipinski definition) is 0. The Morgan fingerprint density at radius 2 is 1.92 bits per heavy atom. The van der Waals surface area contributed by atoms with E-state index >= 15 is 0 Å². The van der Waals surface area contributed by atoms with Crippen molar-refractivity contribution in [2.75, 3.05) is 0 Å². The Bertz CT molecular complexity index is 213. The maximum absolute atomic E-state index is 5.89. The van der Waals surface area contributed by atoms with Gasteiger partial charge in [-0.15, -0.1) is 0 Å². The summed E-state index contributed by atoms with van der Waals surface area (Å²) in [5.41, 5.74) is 0. The van der Waals surface area contributed by atoms with Gasteiger partial charge in [0.1, 0.15) is 0 Å². The Hall–Kier alpha value is -0.0400. The van der Waals surface area contributed by atoms with E-state index in [1.807, 2.05) is 0 Å². The van der Waals surface area contributed by atoms with E-state index < -0.39 is 0 Å². The average Bonchev–Trinajstić information content (AvgIpc) is 2.15. The highest BCUT2D eigenvalue weighted by atomic mass is 16.5. The first-order valence-corrected chi connectivity index (χ1v) is 5.91. The lowest BCUT2D eigenvalue weighted by atomic mass is 9.60. The van der Waals surface area contributed by atoms with E-state index in [4.69, 9.17) is 4.74 Å². The van der Waals surface area contributed by atoms with E-state index in [1.165, 1.54) is 25.7 Å². The van der Waals surface area contributed by atoms with Gasteiger partial charge in [0.25, 0.3) is 0 Å². The van der Waals surface area contributed by atoms with E-state index in [0.717, 1.165) is 23.7 Å². The van der Waals surface area contributed by atoms with Crippen molar-refractivity contribution in [3.63, 3.8) is 0 Å². The zero-order chi connectivity index (χ0) is 9.00. The largest absolute Gasteiger partial charge is 0.374 e. The Labute approximate surface area is 80.8 Å². The standard InChI is InChI=1S/C12H20O/c1-7-3-4-10-9(5-7)6-11-8(2)12(10)13-11/h7-12H,3-6H2,1-2H3. The third-order valence-corrected chi connectivity index (χ3v) is 4.70.